The van der Waals surface area contributed by atoms with Gasteiger partial charge in [-0.1, -0.05) is 11.6 Å². The summed E-state index contributed by atoms with van der Waals surface area (Å²) in [5.41, 5.74) is 2.15. The van der Waals surface area contributed by atoms with Gasteiger partial charge in [-0.25, -0.2) is 4.68 Å². The van der Waals surface area contributed by atoms with Crippen LogP contribution in [0.25, 0.3) is 0 Å². The maximum Gasteiger partial charge on any atom is 0.183 e. The summed E-state index contributed by atoms with van der Waals surface area (Å²) in [7, 11) is 0. The SMILES string of the molecule is Cc1nn(C(=S)SC=O)c(C)c1Cl. The first-order chi connectivity index (χ1) is 6.07. The van der Waals surface area contributed by atoms with Crippen LogP contribution in [0.3, 0.4) is 0 Å². The average Bonchev–Trinajstić information content (AvgIpc) is 2.33. The molecule has 3 nitrogen and oxygen atoms in total. The summed E-state index contributed by atoms with van der Waals surface area (Å²) in [5.74, 6) is 0. The lowest BCUT2D eigenvalue weighted by molar-refractivity contribution is 0.570. The predicted octanol–water partition coefficient (Wildman–Crippen LogP) is 2.21. The van der Waals surface area contributed by atoms with E-state index in [1.807, 2.05) is 0 Å². The van der Waals surface area contributed by atoms with Gasteiger partial charge in [0.1, 0.15) is 0 Å². The summed E-state index contributed by atoms with van der Waals surface area (Å²) in [6.07, 6.45) is 0. The Labute approximate surface area is 90.4 Å². The molecule has 1 heterocycles. The van der Waals surface area contributed by atoms with Gasteiger partial charge in [-0.2, -0.15) is 5.10 Å². The number of thioether (sulfide) groups is 1. The van der Waals surface area contributed by atoms with Crippen molar-refractivity contribution in [2.45, 2.75) is 13.8 Å². The standard InChI is InChI=1S/C7H7ClN2OS2/c1-4-6(8)5(2)10(9-4)7(12)13-3-11/h3H,1-2H3. The van der Waals surface area contributed by atoms with Gasteiger partial charge in [-0.15, -0.1) is 0 Å². The molecule has 0 bridgehead atoms. The minimum absolute atomic E-state index is 0.391. The Kier molecular flexibility index (Phi) is 3.47. The van der Waals surface area contributed by atoms with Crippen molar-refractivity contribution in [2.24, 2.45) is 0 Å². The largest absolute Gasteiger partial charge is 0.290 e. The van der Waals surface area contributed by atoms with Gasteiger partial charge in [0.2, 0.25) is 0 Å². The molecule has 0 saturated heterocycles. The molecule has 0 amide bonds. The van der Waals surface area contributed by atoms with Crippen LogP contribution in [0.5, 0.6) is 0 Å². The van der Waals surface area contributed by atoms with Crippen molar-refractivity contribution < 1.29 is 4.79 Å². The van der Waals surface area contributed by atoms with E-state index in [1.165, 1.54) is 4.68 Å². The third-order valence-electron chi connectivity index (χ3n) is 1.52. The van der Waals surface area contributed by atoms with Crippen LogP contribution in [0.4, 0.5) is 0 Å². The Balaban J connectivity index is 3.08. The molecule has 0 fully saturated rings. The molecule has 0 unspecified atom stereocenters. The van der Waals surface area contributed by atoms with Crippen LogP contribution in [0, 0.1) is 13.8 Å². The maximum absolute atomic E-state index is 10.2. The molecule has 70 valence electrons. The van der Waals surface area contributed by atoms with E-state index in [0.717, 1.165) is 17.5 Å². The third kappa shape index (κ3) is 2.10. The van der Waals surface area contributed by atoms with Crippen LogP contribution in [0.2, 0.25) is 5.02 Å². The second-order valence-electron chi connectivity index (χ2n) is 2.38. The van der Waals surface area contributed by atoms with Crippen molar-refractivity contribution in [1.29, 1.82) is 0 Å². The molecule has 0 aliphatic rings. The Morgan fingerprint density at radius 1 is 1.69 bits per heavy atom. The lowest BCUT2D eigenvalue weighted by Crippen LogP contribution is -2.08. The highest BCUT2D eigenvalue weighted by atomic mass is 35.5. The number of aromatic nitrogens is 2. The van der Waals surface area contributed by atoms with Crippen LogP contribution in [0.1, 0.15) is 11.4 Å². The van der Waals surface area contributed by atoms with Gasteiger partial charge in [0.25, 0.3) is 0 Å². The fourth-order valence-electron chi connectivity index (χ4n) is 0.893. The van der Waals surface area contributed by atoms with Crippen molar-refractivity contribution in [3.05, 3.63) is 16.4 Å². The van der Waals surface area contributed by atoms with Gasteiger partial charge in [0, 0.05) is 0 Å². The third-order valence-corrected chi connectivity index (χ3v) is 3.00. The predicted molar refractivity (Wildman–Crippen MR) is 59.0 cm³/mol. The van der Waals surface area contributed by atoms with Gasteiger partial charge in [-0.3, -0.25) is 4.79 Å². The van der Waals surface area contributed by atoms with Crippen molar-refractivity contribution in [1.82, 2.24) is 9.78 Å². The van der Waals surface area contributed by atoms with Crippen LogP contribution in [-0.4, -0.2) is 19.7 Å². The molecule has 0 atom stereocenters. The number of hydrogen-bond donors (Lipinski definition) is 0. The van der Waals surface area contributed by atoms with Crippen LogP contribution >= 0.6 is 35.6 Å². The minimum atomic E-state index is 0.391. The highest BCUT2D eigenvalue weighted by Gasteiger charge is 2.12. The smallest absolute Gasteiger partial charge is 0.183 e. The number of carbonyl (C=O) groups is 1. The zero-order valence-electron chi connectivity index (χ0n) is 7.07. The van der Waals surface area contributed by atoms with Crippen molar-refractivity contribution in [3.63, 3.8) is 0 Å². The quantitative estimate of drug-likeness (QED) is 0.551. The number of halogens is 1. The summed E-state index contributed by atoms with van der Waals surface area (Å²) in [6.45, 7) is 3.60. The fourth-order valence-corrected chi connectivity index (χ4v) is 1.67. The molecule has 6 heteroatoms. The van der Waals surface area contributed by atoms with Gasteiger partial charge in [0.15, 0.2) is 9.94 Å². The van der Waals surface area contributed by atoms with Crippen LogP contribution < -0.4 is 0 Å². The zero-order valence-corrected chi connectivity index (χ0v) is 9.46. The number of hydrogen-bond acceptors (Lipinski definition) is 4. The second-order valence-corrected chi connectivity index (χ2v) is 4.21. The average molecular weight is 235 g/mol. The summed E-state index contributed by atoms with van der Waals surface area (Å²) in [5, 5.41) is 4.68. The molecule has 0 saturated carbocycles. The molecule has 0 aliphatic heterocycles. The van der Waals surface area contributed by atoms with Gasteiger partial charge < -0.3 is 0 Å². The van der Waals surface area contributed by atoms with E-state index < -0.39 is 0 Å². The Morgan fingerprint density at radius 3 is 2.69 bits per heavy atom. The first-order valence-corrected chi connectivity index (χ1v) is 5.11. The lowest BCUT2D eigenvalue weighted by Gasteiger charge is -2.00. The van der Waals surface area contributed by atoms with E-state index in [9.17, 15) is 4.79 Å². The molecule has 0 N–H and O–H groups in total. The fraction of sp³-hybridized carbons (Fsp3) is 0.286. The normalized spacial score (nSPS) is 10.1. The molecule has 1 aromatic heterocycles. The van der Waals surface area contributed by atoms with Gasteiger partial charge in [-0.05, 0) is 37.8 Å². The molecule has 0 aromatic carbocycles. The zero-order chi connectivity index (χ0) is 10.0. The molecule has 0 radical (unpaired) electrons. The van der Waals surface area contributed by atoms with E-state index in [4.69, 9.17) is 23.8 Å². The minimum Gasteiger partial charge on any atom is -0.290 e. The first kappa shape index (κ1) is 10.7. The second kappa shape index (κ2) is 4.21. The molecule has 1 rings (SSSR count). The van der Waals surface area contributed by atoms with Crippen molar-refractivity contribution >= 4 is 45.5 Å². The van der Waals surface area contributed by atoms with Crippen molar-refractivity contribution in [3.8, 4) is 0 Å². The van der Waals surface area contributed by atoms with E-state index in [-0.39, 0.29) is 0 Å². The lowest BCUT2D eigenvalue weighted by atomic mass is 10.4. The number of nitrogens with zero attached hydrogens (tertiary/aromatic N) is 2. The molecular formula is C7H7ClN2OS2. The molecular weight excluding hydrogens is 228 g/mol. The summed E-state index contributed by atoms with van der Waals surface area (Å²) >= 11 is 11.8. The Morgan fingerprint density at radius 2 is 2.31 bits per heavy atom. The number of thiocarbonyl (C=S) groups is 1. The number of rotatable bonds is 1. The van der Waals surface area contributed by atoms with E-state index in [2.05, 4.69) is 5.10 Å². The Bertz CT molecular complexity index is 362. The van der Waals surface area contributed by atoms with Crippen LogP contribution in [0.15, 0.2) is 0 Å². The number of carbonyl (C=O) groups excluding carboxylic acids is 1. The van der Waals surface area contributed by atoms with E-state index in [0.29, 0.717) is 20.7 Å². The van der Waals surface area contributed by atoms with E-state index in [1.54, 1.807) is 13.8 Å². The first-order valence-electron chi connectivity index (χ1n) is 3.44. The highest BCUT2D eigenvalue weighted by Crippen LogP contribution is 2.20. The maximum atomic E-state index is 10.2. The van der Waals surface area contributed by atoms with E-state index >= 15 is 0 Å². The topological polar surface area (TPSA) is 34.9 Å². The monoisotopic (exact) mass is 234 g/mol. The Hall–Kier alpha value is -0.390. The molecule has 0 spiro atoms. The molecule has 1 aromatic rings. The molecule has 13 heavy (non-hydrogen) atoms. The van der Waals surface area contributed by atoms with Crippen LogP contribution in [-0.2, 0) is 4.79 Å². The summed E-state index contributed by atoms with van der Waals surface area (Å²) < 4.78 is 1.88. The van der Waals surface area contributed by atoms with Gasteiger partial charge >= 0.3 is 0 Å². The summed E-state index contributed by atoms with van der Waals surface area (Å²) in [4.78, 5) is 10.2. The summed E-state index contributed by atoms with van der Waals surface area (Å²) in [6, 6.07) is 0. The number of aryl methyl sites for hydroxylation is 1. The van der Waals surface area contributed by atoms with Crippen molar-refractivity contribution in [2.75, 3.05) is 0 Å². The highest BCUT2D eigenvalue weighted by molar-refractivity contribution is 8.31. The van der Waals surface area contributed by atoms with Gasteiger partial charge in [0.05, 0.1) is 16.4 Å². The molecule has 0 aliphatic carbocycles.